The number of ether oxygens (including phenoxy) is 2. The molecule has 1 aromatic rings. The van der Waals surface area contributed by atoms with Crippen LogP contribution in [0.5, 0.6) is 0 Å². The summed E-state index contributed by atoms with van der Waals surface area (Å²) in [6, 6.07) is 8.76. The molecule has 0 bridgehead atoms. The fraction of sp³-hybridized carbons (Fsp3) is 0.579. The molecule has 3 nitrogen and oxygen atoms in total. The molecule has 1 atom stereocenters. The van der Waals surface area contributed by atoms with E-state index in [2.05, 4.69) is 62.2 Å². The van der Waals surface area contributed by atoms with E-state index in [1.807, 2.05) is 0 Å². The molecule has 0 amide bonds. The van der Waals surface area contributed by atoms with Crippen molar-refractivity contribution in [3.63, 3.8) is 0 Å². The summed E-state index contributed by atoms with van der Waals surface area (Å²) in [5.41, 5.74) is 2.32. The van der Waals surface area contributed by atoms with Crippen molar-refractivity contribution in [2.45, 2.75) is 39.7 Å². The number of hydrogen-bond donors (Lipinski definition) is 1. The Kier molecular flexibility index (Phi) is 10.4. The van der Waals surface area contributed by atoms with Crippen LogP contribution in [0.4, 0.5) is 0 Å². The summed E-state index contributed by atoms with van der Waals surface area (Å²) < 4.78 is 10.9. The first-order valence-electron chi connectivity index (χ1n) is 8.25. The molecular weight excluding hydrogens is 274 g/mol. The molecule has 0 fully saturated rings. The predicted octanol–water partition coefficient (Wildman–Crippen LogP) is 3.54. The van der Waals surface area contributed by atoms with E-state index >= 15 is 0 Å². The summed E-state index contributed by atoms with van der Waals surface area (Å²) in [4.78, 5) is 0. The molecule has 0 spiro atoms. The van der Waals surface area contributed by atoms with E-state index in [1.165, 1.54) is 5.56 Å². The Labute approximate surface area is 135 Å². The van der Waals surface area contributed by atoms with Crippen molar-refractivity contribution in [2.24, 2.45) is 0 Å². The molecular formula is C19H29NO2. The van der Waals surface area contributed by atoms with Gasteiger partial charge in [-0.25, -0.2) is 0 Å². The highest BCUT2D eigenvalue weighted by Crippen LogP contribution is 2.12. The summed E-state index contributed by atoms with van der Waals surface area (Å²) >= 11 is 0. The van der Waals surface area contributed by atoms with Crippen LogP contribution in [-0.2, 0) is 9.47 Å². The highest BCUT2D eigenvalue weighted by atomic mass is 16.5. The molecule has 0 aliphatic rings. The standard InChI is InChI=1S/C19H29NO2/c1-4-13-21-15-7-16-22-14-6-8-18-9-11-19(12-10-18)17(3)20-5-2/h9-12,17,20H,4-5,7,13-16H2,1-3H3. The first-order chi connectivity index (χ1) is 10.8. The molecule has 1 unspecified atom stereocenters. The Balaban J connectivity index is 2.22. The van der Waals surface area contributed by atoms with Crippen LogP contribution in [0.25, 0.3) is 0 Å². The van der Waals surface area contributed by atoms with Crippen LogP contribution in [0.2, 0.25) is 0 Å². The van der Waals surface area contributed by atoms with Gasteiger partial charge in [-0.1, -0.05) is 37.8 Å². The summed E-state index contributed by atoms with van der Waals surface area (Å²) in [6.45, 7) is 10.2. The van der Waals surface area contributed by atoms with Crippen LogP contribution in [0, 0.1) is 11.8 Å². The van der Waals surface area contributed by atoms with Gasteiger partial charge in [-0.3, -0.25) is 0 Å². The first-order valence-corrected chi connectivity index (χ1v) is 8.25. The average molecular weight is 303 g/mol. The third-order valence-electron chi connectivity index (χ3n) is 3.25. The lowest BCUT2D eigenvalue weighted by Gasteiger charge is -2.12. The molecule has 3 heteroatoms. The monoisotopic (exact) mass is 303 g/mol. The molecule has 1 aromatic carbocycles. The maximum Gasteiger partial charge on any atom is 0.108 e. The minimum atomic E-state index is 0.380. The van der Waals surface area contributed by atoms with Gasteiger partial charge < -0.3 is 14.8 Å². The highest BCUT2D eigenvalue weighted by Gasteiger charge is 2.01. The van der Waals surface area contributed by atoms with Crippen molar-refractivity contribution in [2.75, 3.05) is 33.0 Å². The van der Waals surface area contributed by atoms with Crippen molar-refractivity contribution in [1.29, 1.82) is 0 Å². The van der Waals surface area contributed by atoms with Crippen molar-refractivity contribution in [1.82, 2.24) is 5.32 Å². The maximum absolute atomic E-state index is 5.47. The van der Waals surface area contributed by atoms with Gasteiger partial charge in [0.25, 0.3) is 0 Å². The highest BCUT2D eigenvalue weighted by molar-refractivity contribution is 5.36. The lowest BCUT2D eigenvalue weighted by molar-refractivity contribution is 0.0949. The first kappa shape index (κ1) is 18.7. The van der Waals surface area contributed by atoms with Crippen LogP contribution in [-0.4, -0.2) is 33.0 Å². The predicted molar refractivity (Wildman–Crippen MR) is 92.0 cm³/mol. The fourth-order valence-electron chi connectivity index (χ4n) is 2.05. The van der Waals surface area contributed by atoms with Gasteiger partial charge in [0, 0.05) is 24.8 Å². The number of nitrogens with one attached hydrogen (secondary N) is 1. The summed E-state index contributed by atoms with van der Waals surface area (Å²) in [5, 5.41) is 3.40. The largest absolute Gasteiger partial charge is 0.381 e. The molecule has 22 heavy (non-hydrogen) atoms. The van der Waals surface area contributed by atoms with Crippen LogP contribution < -0.4 is 5.32 Å². The molecule has 122 valence electrons. The Morgan fingerprint density at radius 3 is 2.45 bits per heavy atom. The normalized spacial score (nSPS) is 11.8. The summed E-state index contributed by atoms with van der Waals surface area (Å²) in [7, 11) is 0. The van der Waals surface area contributed by atoms with Gasteiger partial charge in [-0.05, 0) is 44.0 Å². The molecule has 1 rings (SSSR count). The second-order valence-electron chi connectivity index (χ2n) is 5.22. The molecule has 0 radical (unpaired) electrons. The molecule has 1 N–H and O–H groups in total. The van der Waals surface area contributed by atoms with Crippen molar-refractivity contribution in [3.8, 4) is 11.8 Å². The Bertz CT molecular complexity index is 445. The Morgan fingerprint density at radius 2 is 1.77 bits per heavy atom. The molecule has 0 aliphatic heterocycles. The van der Waals surface area contributed by atoms with E-state index in [4.69, 9.17) is 9.47 Å². The van der Waals surface area contributed by atoms with E-state index in [0.717, 1.165) is 38.2 Å². The van der Waals surface area contributed by atoms with E-state index in [1.54, 1.807) is 0 Å². The van der Waals surface area contributed by atoms with E-state index in [-0.39, 0.29) is 0 Å². The van der Waals surface area contributed by atoms with E-state index in [0.29, 0.717) is 19.3 Å². The maximum atomic E-state index is 5.47. The second kappa shape index (κ2) is 12.2. The molecule has 0 saturated heterocycles. The average Bonchev–Trinajstić information content (AvgIpc) is 2.54. The smallest absolute Gasteiger partial charge is 0.108 e. The third kappa shape index (κ3) is 8.19. The zero-order chi connectivity index (χ0) is 16.0. The van der Waals surface area contributed by atoms with E-state index in [9.17, 15) is 0 Å². The van der Waals surface area contributed by atoms with Crippen molar-refractivity contribution < 1.29 is 9.47 Å². The van der Waals surface area contributed by atoms with Gasteiger partial charge in [-0.15, -0.1) is 0 Å². The Morgan fingerprint density at radius 1 is 1.05 bits per heavy atom. The molecule has 0 aromatic heterocycles. The summed E-state index contributed by atoms with van der Waals surface area (Å²) in [6.07, 6.45) is 2.00. The lowest BCUT2D eigenvalue weighted by Crippen LogP contribution is -2.17. The van der Waals surface area contributed by atoms with Gasteiger partial charge in [0.05, 0.1) is 6.61 Å². The quantitative estimate of drug-likeness (QED) is 0.530. The molecule has 0 heterocycles. The van der Waals surface area contributed by atoms with Gasteiger partial charge >= 0.3 is 0 Å². The van der Waals surface area contributed by atoms with E-state index < -0.39 is 0 Å². The van der Waals surface area contributed by atoms with Crippen LogP contribution in [0.3, 0.4) is 0 Å². The molecule has 0 aliphatic carbocycles. The third-order valence-corrected chi connectivity index (χ3v) is 3.25. The topological polar surface area (TPSA) is 30.5 Å². The molecule has 0 saturated carbocycles. The SMILES string of the molecule is CCCOCCCOCC#Cc1ccc(C(C)NCC)cc1. The van der Waals surface area contributed by atoms with Crippen molar-refractivity contribution >= 4 is 0 Å². The zero-order valence-electron chi connectivity index (χ0n) is 14.2. The minimum absolute atomic E-state index is 0.380. The van der Waals surface area contributed by atoms with Crippen LogP contribution in [0.15, 0.2) is 24.3 Å². The van der Waals surface area contributed by atoms with Crippen LogP contribution in [0.1, 0.15) is 50.8 Å². The van der Waals surface area contributed by atoms with Crippen LogP contribution >= 0.6 is 0 Å². The van der Waals surface area contributed by atoms with Gasteiger partial charge in [0.2, 0.25) is 0 Å². The number of hydrogen-bond acceptors (Lipinski definition) is 3. The second-order valence-corrected chi connectivity index (χ2v) is 5.22. The van der Waals surface area contributed by atoms with Gasteiger partial charge in [0.1, 0.15) is 6.61 Å². The minimum Gasteiger partial charge on any atom is -0.381 e. The van der Waals surface area contributed by atoms with Gasteiger partial charge in [0.15, 0.2) is 0 Å². The number of rotatable bonds is 10. The van der Waals surface area contributed by atoms with Gasteiger partial charge in [-0.2, -0.15) is 0 Å². The number of benzene rings is 1. The lowest BCUT2D eigenvalue weighted by atomic mass is 10.1. The fourth-order valence-corrected chi connectivity index (χ4v) is 2.05. The van der Waals surface area contributed by atoms with Crippen molar-refractivity contribution in [3.05, 3.63) is 35.4 Å². The zero-order valence-corrected chi connectivity index (χ0v) is 14.2. The summed E-state index contributed by atoms with van der Waals surface area (Å²) in [5.74, 6) is 6.18. The Hall–Kier alpha value is -1.34.